The second kappa shape index (κ2) is 6.13. The van der Waals surface area contributed by atoms with Crippen LogP contribution in [-0.2, 0) is 4.79 Å². The third-order valence-corrected chi connectivity index (χ3v) is 4.38. The van der Waals surface area contributed by atoms with Crippen molar-refractivity contribution in [3.8, 4) is 0 Å². The number of rotatable bonds is 3. The summed E-state index contributed by atoms with van der Waals surface area (Å²) in [6, 6.07) is 11.5. The number of carbonyl (C=O) groups is 3. The van der Waals surface area contributed by atoms with Crippen LogP contribution in [0.5, 0.6) is 0 Å². The van der Waals surface area contributed by atoms with E-state index >= 15 is 0 Å². The van der Waals surface area contributed by atoms with Gasteiger partial charge in [-0.15, -0.1) is 11.8 Å². The van der Waals surface area contributed by atoms with E-state index in [1.165, 1.54) is 11.8 Å². The molecule has 2 aromatic carbocycles. The molecule has 0 radical (unpaired) electrons. The number of fused-ring (bicyclic) bond motifs is 1. The smallest absolute Gasteiger partial charge is 0.255 e. The zero-order valence-electron chi connectivity index (χ0n) is 12.0. The van der Waals surface area contributed by atoms with E-state index in [2.05, 4.69) is 10.6 Å². The van der Waals surface area contributed by atoms with Gasteiger partial charge in [-0.25, -0.2) is 0 Å². The Morgan fingerprint density at radius 3 is 2.48 bits per heavy atom. The van der Waals surface area contributed by atoms with Crippen LogP contribution in [0.3, 0.4) is 0 Å². The molecule has 0 bridgehead atoms. The van der Waals surface area contributed by atoms with Gasteiger partial charge in [0.2, 0.25) is 11.8 Å². The maximum atomic E-state index is 12.3. The molecule has 1 aliphatic rings. The zero-order chi connectivity index (χ0) is 16.4. The summed E-state index contributed by atoms with van der Waals surface area (Å²) in [6.07, 6.45) is 0. The number of amides is 3. The summed E-state index contributed by atoms with van der Waals surface area (Å²) < 4.78 is 0. The average molecular weight is 327 g/mol. The fraction of sp³-hybridized carbons (Fsp3) is 0.0625. The molecule has 3 rings (SSSR count). The van der Waals surface area contributed by atoms with Gasteiger partial charge in [0.1, 0.15) is 0 Å². The van der Waals surface area contributed by atoms with Crippen LogP contribution in [0.1, 0.15) is 20.7 Å². The molecule has 0 atom stereocenters. The summed E-state index contributed by atoms with van der Waals surface area (Å²) in [5.41, 5.74) is 7.17. The van der Waals surface area contributed by atoms with Gasteiger partial charge in [-0.2, -0.15) is 0 Å². The lowest BCUT2D eigenvalue weighted by Gasteiger charge is -2.17. The molecule has 1 aliphatic heterocycles. The number of thioether (sulfide) groups is 1. The maximum absolute atomic E-state index is 12.3. The summed E-state index contributed by atoms with van der Waals surface area (Å²) in [5, 5.41) is 5.48. The molecule has 0 saturated carbocycles. The highest BCUT2D eigenvalue weighted by Gasteiger charge is 2.17. The summed E-state index contributed by atoms with van der Waals surface area (Å²) in [7, 11) is 0. The van der Waals surface area contributed by atoms with E-state index in [1.807, 2.05) is 6.07 Å². The predicted molar refractivity (Wildman–Crippen MR) is 88.7 cm³/mol. The van der Waals surface area contributed by atoms with E-state index in [1.54, 1.807) is 36.4 Å². The maximum Gasteiger partial charge on any atom is 0.255 e. The molecule has 116 valence electrons. The fourth-order valence-electron chi connectivity index (χ4n) is 2.15. The van der Waals surface area contributed by atoms with Crippen LogP contribution in [0.15, 0.2) is 47.4 Å². The van der Waals surface area contributed by atoms with Crippen molar-refractivity contribution in [1.82, 2.24) is 0 Å². The Morgan fingerprint density at radius 2 is 1.78 bits per heavy atom. The van der Waals surface area contributed by atoms with Gasteiger partial charge in [0.05, 0.1) is 11.4 Å². The molecule has 23 heavy (non-hydrogen) atoms. The first-order chi connectivity index (χ1) is 11.0. The Kier molecular flexibility index (Phi) is 4.03. The van der Waals surface area contributed by atoms with Crippen molar-refractivity contribution < 1.29 is 14.4 Å². The summed E-state index contributed by atoms with van der Waals surface area (Å²) in [6.45, 7) is 0. The molecule has 6 nitrogen and oxygen atoms in total. The van der Waals surface area contributed by atoms with Gasteiger partial charge in [0, 0.05) is 21.7 Å². The Morgan fingerprint density at radius 1 is 1.09 bits per heavy atom. The molecule has 2 aromatic rings. The van der Waals surface area contributed by atoms with Gasteiger partial charge < -0.3 is 16.4 Å². The number of carbonyl (C=O) groups excluding carboxylic acids is 3. The first kappa shape index (κ1) is 15.1. The van der Waals surface area contributed by atoms with E-state index in [0.29, 0.717) is 28.3 Å². The largest absolute Gasteiger partial charge is 0.366 e. The molecule has 4 N–H and O–H groups in total. The molecular weight excluding hydrogens is 314 g/mol. The summed E-state index contributed by atoms with van der Waals surface area (Å²) >= 11 is 1.44. The van der Waals surface area contributed by atoms with Crippen LogP contribution in [0.25, 0.3) is 0 Å². The average Bonchev–Trinajstić information content (AvgIpc) is 2.54. The Hall–Kier alpha value is -2.80. The van der Waals surface area contributed by atoms with E-state index in [-0.39, 0.29) is 11.8 Å². The minimum Gasteiger partial charge on any atom is -0.366 e. The van der Waals surface area contributed by atoms with Crippen molar-refractivity contribution >= 4 is 40.9 Å². The minimum absolute atomic E-state index is 0.0814. The number of nitrogens with two attached hydrogens (primary N) is 1. The van der Waals surface area contributed by atoms with Gasteiger partial charge >= 0.3 is 0 Å². The Labute approximate surface area is 136 Å². The van der Waals surface area contributed by atoms with Crippen LogP contribution in [-0.4, -0.2) is 23.5 Å². The third kappa shape index (κ3) is 3.35. The molecule has 0 fully saturated rings. The normalized spacial score (nSPS) is 13.0. The Balaban J connectivity index is 1.77. The van der Waals surface area contributed by atoms with Crippen molar-refractivity contribution in [3.63, 3.8) is 0 Å². The summed E-state index contributed by atoms with van der Waals surface area (Å²) in [5.74, 6) is -0.526. The number of primary amides is 1. The molecular formula is C16H13N3O3S. The topological polar surface area (TPSA) is 101 Å². The molecule has 3 amide bonds. The van der Waals surface area contributed by atoms with Crippen molar-refractivity contribution in [3.05, 3.63) is 53.6 Å². The molecule has 0 saturated heterocycles. The molecule has 7 heteroatoms. The fourth-order valence-corrected chi connectivity index (χ4v) is 2.93. The lowest BCUT2D eigenvalue weighted by Crippen LogP contribution is -2.20. The van der Waals surface area contributed by atoms with Crippen LogP contribution in [0.4, 0.5) is 11.4 Å². The van der Waals surface area contributed by atoms with Crippen molar-refractivity contribution in [1.29, 1.82) is 0 Å². The highest BCUT2D eigenvalue weighted by atomic mass is 32.2. The van der Waals surface area contributed by atoms with Gasteiger partial charge in [0.15, 0.2) is 0 Å². The van der Waals surface area contributed by atoms with Crippen LogP contribution >= 0.6 is 11.8 Å². The lowest BCUT2D eigenvalue weighted by atomic mass is 10.1. The van der Waals surface area contributed by atoms with E-state index in [0.717, 1.165) is 4.90 Å². The van der Waals surface area contributed by atoms with Gasteiger partial charge in [-0.3, -0.25) is 14.4 Å². The molecule has 0 aromatic heterocycles. The molecule has 0 unspecified atom stereocenters. The molecule has 0 spiro atoms. The zero-order valence-corrected chi connectivity index (χ0v) is 12.8. The second-order valence-electron chi connectivity index (χ2n) is 4.94. The van der Waals surface area contributed by atoms with Gasteiger partial charge in [0.25, 0.3) is 5.91 Å². The van der Waals surface area contributed by atoms with Crippen molar-refractivity contribution in [2.45, 2.75) is 4.90 Å². The number of hydrogen-bond acceptors (Lipinski definition) is 4. The van der Waals surface area contributed by atoms with Crippen LogP contribution < -0.4 is 16.4 Å². The SMILES string of the molecule is NC(=O)c1ccc(NC(=O)c2ccc3c(c2)NC(=O)CS3)cc1. The van der Waals surface area contributed by atoms with E-state index in [4.69, 9.17) is 5.73 Å². The lowest BCUT2D eigenvalue weighted by molar-refractivity contribution is -0.113. The predicted octanol–water partition coefficient (Wildman–Crippen LogP) is 2.08. The number of anilines is 2. The monoisotopic (exact) mass is 327 g/mol. The standard InChI is InChI=1S/C16H13N3O3S/c17-15(21)9-1-4-11(5-2-9)18-16(22)10-3-6-13-12(7-10)19-14(20)8-23-13/h1-7H,8H2,(H2,17,21)(H,18,22)(H,19,20). The van der Waals surface area contributed by atoms with Crippen LogP contribution in [0.2, 0.25) is 0 Å². The highest BCUT2D eigenvalue weighted by Crippen LogP contribution is 2.32. The Bertz CT molecular complexity index is 803. The third-order valence-electron chi connectivity index (χ3n) is 3.30. The quantitative estimate of drug-likeness (QED) is 0.803. The van der Waals surface area contributed by atoms with Crippen molar-refractivity contribution in [2.24, 2.45) is 5.73 Å². The van der Waals surface area contributed by atoms with Gasteiger partial charge in [-0.1, -0.05) is 0 Å². The van der Waals surface area contributed by atoms with E-state index in [9.17, 15) is 14.4 Å². The first-order valence-corrected chi connectivity index (χ1v) is 7.79. The number of nitrogens with one attached hydrogen (secondary N) is 2. The van der Waals surface area contributed by atoms with Gasteiger partial charge in [-0.05, 0) is 42.5 Å². The second-order valence-corrected chi connectivity index (χ2v) is 5.96. The molecule has 1 heterocycles. The number of benzene rings is 2. The summed E-state index contributed by atoms with van der Waals surface area (Å²) in [4.78, 5) is 35.6. The minimum atomic E-state index is -0.522. The first-order valence-electron chi connectivity index (χ1n) is 6.81. The van der Waals surface area contributed by atoms with Crippen LogP contribution in [0, 0.1) is 0 Å². The van der Waals surface area contributed by atoms with E-state index < -0.39 is 5.91 Å². The number of hydrogen-bond donors (Lipinski definition) is 3. The van der Waals surface area contributed by atoms with Crippen molar-refractivity contribution in [2.75, 3.05) is 16.4 Å². The highest BCUT2D eigenvalue weighted by molar-refractivity contribution is 8.00. The molecule has 0 aliphatic carbocycles.